The molecule has 8 heteroatoms. The summed E-state index contributed by atoms with van der Waals surface area (Å²) < 4.78 is 55.9. The zero-order chi connectivity index (χ0) is 20.7. The van der Waals surface area contributed by atoms with E-state index in [2.05, 4.69) is 10.3 Å². The molecule has 1 aromatic heterocycles. The highest BCUT2D eigenvalue weighted by Gasteiger charge is 2.27. The van der Waals surface area contributed by atoms with E-state index in [9.17, 15) is 22.4 Å². The van der Waals surface area contributed by atoms with Crippen LogP contribution in [0.15, 0.2) is 48.5 Å². The Labute approximate surface area is 166 Å². The Balaban J connectivity index is 1.76. The summed E-state index contributed by atoms with van der Waals surface area (Å²) >= 11 is 1.39. The molecule has 1 amide bonds. The number of aromatic nitrogens is 1. The van der Waals surface area contributed by atoms with Gasteiger partial charge in [0.15, 0.2) is 23.3 Å². The summed E-state index contributed by atoms with van der Waals surface area (Å²) in [6.45, 7) is 1.01. The van der Waals surface area contributed by atoms with E-state index in [1.54, 1.807) is 24.3 Å². The molecule has 29 heavy (non-hydrogen) atoms. The molecule has 0 saturated heterocycles. The summed E-state index contributed by atoms with van der Waals surface area (Å²) in [7, 11) is 0. The Hall–Kier alpha value is -3.26. The summed E-state index contributed by atoms with van der Waals surface area (Å²) in [5, 5.41) is 3.06. The van der Waals surface area contributed by atoms with Crippen LogP contribution < -0.4 is 5.32 Å². The Morgan fingerprint density at radius 1 is 0.897 bits per heavy atom. The molecule has 0 aliphatic heterocycles. The predicted octanol–water partition coefficient (Wildman–Crippen LogP) is 6.08. The normalized spacial score (nSPS) is 11.1. The lowest BCUT2D eigenvalue weighted by Gasteiger charge is -2.13. The monoisotopic (exact) mass is 416 g/mol. The minimum Gasteiger partial charge on any atom is -0.321 e. The average molecular weight is 416 g/mol. The van der Waals surface area contributed by atoms with Crippen molar-refractivity contribution >= 4 is 33.1 Å². The minimum absolute atomic E-state index is 0.278. The molecular formula is C21H12F4N2OS. The highest BCUT2D eigenvalue weighted by Crippen LogP contribution is 2.35. The molecule has 0 radical (unpaired) electrons. The molecule has 0 saturated carbocycles. The maximum atomic E-state index is 14.2. The number of rotatable bonds is 3. The van der Waals surface area contributed by atoms with Crippen LogP contribution in [0.1, 0.15) is 15.9 Å². The Morgan fingerprint density at radius 2 is 1.55 bits per heavy atom. The third-order valence-corrected chi connectivity index (χ3v) is 5.50. The molecule has 0 unspecified atom stereocenters. The van der Waals surface area contributed by atoms with Crippen LogP contribution in [0.5, 0.6) is 0 Å². The largest absolute Gasteiger partial charge is 0.321 e. The highest BCUT2D eigenvalue weighted by molar-refractivity contribution is 7.21. The fraction of sp³-hybridized carbons (Fsp3) is 0.0476. The standard InChI is InChI=1S/C21H12F4N2OS/c1-10-15(17(23)19(25)18(24)16(10)22)20(28)26-12-7-3-2-6-11(12)21-27-13-8-4-5-9-14(13)29-21/h2-9H,1H3,(H,26,28). The average Bonchev–Trinajstić information content (AvgIpc) is 3.15. The van der Waals surface area contributed by atoms with Gasteiger partial charge in [-0.3, -0.25) is 4.79 Å². The summed E-state index contributed by atoms with van der Waals surface area (Å²) in [6, 6.07) is 14.1. The van der Waals surface area contributed by atoms with E-state index < -0.39 is 40.3 Å². The summed E-state index contributed by atoms with van der Waals surface area (Å²) in [4.78, 5) is 17.1. The zero-order valence-corrected chi connectivity index (χ0v) is 15.7. The summed E-state index contributed by atoms with van der Waals surface area (Å²) in [5.41, 5.74) is 0.110. The second kappa shape index (κ2) is 7.29. The number of carbonyl (C=O) groups excluding carboxylic acids is 1. The van der Waals surface area contributed by atoms with Gasteiger partial charge >= 0.3 is 0 Å². The Bertz CT molecular complexity index is 1210. The number of benzene rings is 3. The van der Waals surface area contributed by atoms with Gasteiger partial charge in [-0.1, -0.05) is 24.3 Å². The first-order chi connectivity index (χ1) is 13.9. The van der Waals surface area contributed by atoms with Crippen molar-refractivity contribution in [3.63, 3.8) is 0 Å². The van der Waals surface area contributed by atoms with Gasteiger partial charge in [0.05, 0.1) is 21.5 Å². The van der Waals surface area contributed by atoms with Gasteiger partial charge in [-0.2, -0.15) is 0 Å². The Kier molecular flexibility index (Phi) is 4.79. The van der Waals surface area contributed by atoms with Crippen molar-refractivity contribution in [1.29, 1.82) is 0 Å². The molecule has 146 valence electrons. The summed E-state index contributed by atoms with van der Waals surface area (Å²) in [6.07, 6.45) is 0. The van der Waals surface area contributed by atoms with Gasteiger partial charge in [0.25, 0.3) is 5.91 Å². The second-order valence-electron chi connectivity index (χ2n) is 6.24. The number of para-hydroxylation sites is 2. The number of carbonyl (C=O) groups is 1. The molecule has 4 aromatic rings. The molecule has 0 aliphatic rings. The van der Waals surface area contributed by atoms with Gasteiger partial charge in [0, 0.05) is 11.1 Å². The van der Waals surface area contributed by atoms with Gasteiger partial charge in [-0.15, -0.1) is 11.3 Å². The van der Waals surface area contributed by atoms with Crippen molar-refractivity contribution in [2.45, 2.75) is 6.92 Å². The molecule has 0 aliphatic carbocycles. The molecule has 0 atom stereocenters. The fourth-order valence-corrected chi connectivity index (χ4v) is 3.97. The molecule has 3 nitrogen and oxygen atoms in total. The second-order valence-corrected chi connectivity index (χ2v) is 7.27. The van der Waals surface area contributed by atoms with E-state index in [-0.39, 0.29) is 5.69 Å². The van der Waals surface area contributed by atoms with E-state index in [0.717, 1.165) is 17.1 Å². The predicted molar refractivity (Wildman–Crippen MR) is 104 cm³/mol. The van der Waals surface area contributed by atoms with Crippen molar-refractivity contribution < 1.29 is 22.4 Å². The van der Waals surface area contributed by atoms with Crippen molar-refractivity contribution in [2.24, 2.45) is 0 Å². The first kappa shape index (κ1) is 19.1. The van der Waals surface area contributed by atoms with Crippen LogP contribution in [-0.4, -0.2) is 10.9 Å². The lowest BCUT2D eigenvalue weighted by molar-refractivity contribution is 0.102. The zero-order valence-electron chi connectivity index (χ0n) is 14.9. The number of nitrogens with zero attached hydrogens (tertiary/aromatic N) is 1. The number of nitrogens with one attached hydrogen (secondary N) is 1. The van der Waals surface area contributed by atoms with Crippen LogP contribution >= 0.6 is 11.3 Å². The molecule has 0 fully saturated rings. The third-order valence-electron chi connectivity index (χ3n) is 4.43. The maximum Gasteiger partial charge on any atom is 0.259 e. The maximum absolute atomic E-state index is 14.2. The van der Waals surface area contributed by atoms with Gasteiger partial charge < -0.3 is 5.32 Å². The number of fused-ring (bicyclic) bond motifs is 1. The van der Waals surface area contributed by atoms with E-state index in [4.69, 9.17) is 0 Å². The minimum atomic E-state index is -2.03. The first-order valence-corrected chi connectivity index (χ1v) is 9.29. The van der Waals surface area contributed by atoms with E-state index >= 15 is 0 Å². The number of halogens is 4. The van der Waals surface area contributed by atoms with Crippen LogP contribution in [-0.2, 0) is 0 Å². The van der Waals surface area contributed by atoms with Crippen LogP contribution in [0.2, 0.25) is 0 Å². The molecule has 3 aromatic carbocycles. The van der Waals surface area contributed by atoms with Crippen LogP contribution in [0.25, 0.3) is 20.8 Å². The quantitative estimate of drug-likeness (QED) is 0.250. The highest BCUT2D eigenvalue weighted by atomic mass is 32.1. The van der Waals surface area contributed by atoms with Crippen molar-refractivity contribution in [3.8, 4) is 10.6 Å². The molecular weight excluding hydrogens is 404 g/mol. The molecule has 0 spiro atoms. The van der Waals surface area contributed by atoms with E-state index in [1.165, 1.54) is 11.3 Å². The van der Waals surface area contributed by atoms with Crippen molar-refractivity contribution in [1.82, 2.24) is 4.98 Å². The number of hydrogen-bond acceptors (Lipinski definition) is 3. The van der Waals surface area contributed by atoms with Gasteiger partial charge in [0.1, 0.15) is 5.01 Å². The molecule has 4 rings (SSSR count). The number of hydrogen-bond donors (Lipinski definition) is 1. The van der Waals surface area contributed by atoms with Gasteiger partial charge in [0.2, 0.25) is 0 Å². The van der Waals surface area contributed by atoms with Crippen molar-refractivity contribution in [2.75, 3.05) is 5.32 Å². The lowest BCUT2D eigenvalue weighted by Crippen LogP contribution is -2.19. The lowest BCUT2D eigenvalue weighted by atomic mass is 10.1. The summed E-state index contributed by atoms with van der Waals surface area (Å²) in [5.74, 6) is -8.42. The number of anilines is 1. The van der Waals surface area contributed by atoms with Crippen LogP contribution in [0.3, 0.4) is 0 Å². The molecule has 1 heterocycles. The Morgan fingerprint density at radius 3 is 2.31 bits per heavy atom. The molecule has 1 N–H and O–H groups in total. The van der Waals surface area contributed by atoms with Gasteiger partial charge in [-0.05, 0) is 31.2 Å². The van der Waals surface area contributed by atoms with Crippen LogP contribution in [0.4, 0.5) is 23.2 Å². The van der Waals surface area contributed by atoms with E-state index in [1.807, 2.05) is 24.3 Å². The molecule has 0 bridgehead atoms. The number of amides is 1. The fourth-order valence-electron chi connectivity index (χ4n) is 2.96. The SMILES string of the molecule is Cc1c(F)c(F)c(F)c(F)c1C(=O)Nc1ccccc1-c1nc2ccccc2s1. The third kappa shape index (κ3) is 3.25. The van der Waals surface area contributed by atoms with Crippen LogP contribution in [0, 0.1) is 30.2 Å². The topological polar surface area (TPSA) is 42.0 Å². The number of thiazole rings is 1. The smallest absolute Gasteiger partial charge is 0.259 e. The van der Waals surface area contributed by atoms with Gasteiger partial charge in [-0.25, -0.2) is 22.5 Å². The van der Waals surface area contributed by atoms with Crippen molar-refractivity contribution in [3.05, 3.63) is 82.9 Å². The van der Waals surface area contributed by atoms with E-state index in [0.29, 0.717) is 10.6 Å². The first-order valence-electron chi connectivity index (χ1n) is 8.47.